The molecule has 1 aromatic heterocycles. The Morgan fingerprint density at radius 1 is 1.32 bits per heavy atom. The second-order valence-corrected chi connectivity index (χ2v) is 4.92. The van der Waals surface area contributed by atoms with Gasteiger partial charge in [0.25, 0.3) is 0 Å². The fourth-order valence-corrected chi connectivity index (χ4v) is 2.27. The van der Waals surface area contributed by atoms with Crippen LogP contribution in [0.2, 0.25) is 0 Å². The van der Waals surface area contributed by atoms with E-state index >= 15 is 0 Å². The first-order chi connectivity index (χ1) is 9.13. The molecule has 0 aliphatic rings. The van der Waals surface area contributed by atoms with Crippen LogP contribution in [0.25, 0.3) is 0 Å². The van der Waals surface area contributed by atoms with Crippen LogP contribution in [0, 0.1) is 6.92 Å². The lowest BCUT2D eigenvalue weighted by atomic mass is 9.91. The van der Waals surface area contributed by atoms with Crippen LogP contribution in [0.5, 0.6) is 5.75 Å². The van der Waals surface area contributed by atoms with Crippen molar-refractivity contribution in [3.05, 3.63) is 41.2 Å². The third-order valence-corrected chi connectivity index (χ3v) is 3.55. The fourth-order valence-electron chi connectivity index (χ4n) is 2.27. The first-order valence-electron chi connectivity index (χ1n) is 6.82. The number of aromatic hydroxyl groups is 1. The monoisotopic (exact) mass is 259 g/mol. The second kappa shape index (κ2) is 5.87. The van der Waals surface area contributed by atoms with Gasteiger partial charge < -0.3 is 5.11 Å². The van der Waals surface area contributed by atoms with Gasteiger partial charge in [-0.15, -0.1) is 5.10 Å². The summed E-state index contributed by atoms with van der Waals surface area (Å²) in [7, 11) is 0. The minimum Gasteiger partial charge on any atom is -0.508 e. The van der Waals surface area contributed by atoms with Gasteiger partial charge in [0.05, 0.1) is 5.69 Å². The SMILES string of the molecule is CCC(Cc1cn(CC)nn1)c1ccc(O)c(C)c1. The highest BCUT2D eigenvalue weighted by Gasteiger charge is 2.13. The van der Waals surface area contributed by atoms with Gasteiger partial charge in [0.15, 0.2) is 0 Å². The van der Waals surface area contributed by atoms with E-state index in [2.05, 4.69) is 30.2 Å². The summed E-state index contributed by atoms with van der Waals surface area (Å²) in [5.74, 6) is 0.775. The van der Waals surface area contributed by atoms with E-state index in [-0.39, 0.29) is 0 Å². The number of hydrogen-bond acceptors (Lipinski definition) is 3. The summed E-state index contributed by atoms with van der Waals surface area (Å²) < 4.78 is 1.85. The molecular weight excluding hydrogens is 238 g/mol. The van der Waals surface area contributed by atoms with E-state index in [0.29, 0.717) is 11.7 Å². The molecule has 1 atom stereocenters. The summed E-state index contributed by atoms with van der Waals surface area (Å²) in [4.78, 5) is 0. The number of nitrogens with zero attached hydrogens (tertiary/aromatic N) is 3. The maximum Gasteiger partial charge on any atom is 0.118 e. The second-order valence-electron chi connectivity index (χ2n) is 4.92. The lowest BCUT2D eigenvalue weighted by Gasteiger charge is -2.15. The van der Waals surface area contributed by atoms with Crippen LogP contribution in [0.15, 0.2) is 24.4 Å². The Morgan fingerprint density at radius 3 is 2.68 bits per heavy atom. The molecule has 19 heavy (non-hydrogen) atoms. The molecule has 102 valence electrons. The van der Waals surface area contributed by atoms with Crippen LogP contribution >= 0.6 is 0 Å². The molecule has 1 N–H and O–H groups in total. The molecule has 2 aromatic rings. The van der Waals surface area contributed by atoms with E-state index < -0.39 is 0 Å². The lowest BCUT2D eigenvalue weighted by Crippen LogP contribution is -2.02. The van der Waals surface area contributed by atoms with Crippen LogP contribution in [0.3, 0.4) is 0 Å². The number of phenols is 1. The minimum atomic E-state index is 0.357. The lowest BCUT2D eigenvalue weighted by molar-refractivity contribution is 0.470. The predicted octanol–water partition coefficient (Wildman–Crippen LogP) is 3.05. The minimum absolute atomic E-state index is 0.357. The van der Waals surface area contributed by atoms with Crippen molar-refractivity contribution in [2.45, 2.75) is 46.1 Å². The highest BCUT2D eigenvalue weighted by Crippen LogP contribution is 2.27. The Balaban J connectivity index is 2.17. The van der Waals surface area contributed by atoms with Crippen molar-refractivity contribution in [1.82, 2.24) is 15.0 Å². The average Bonchev–Trinajstić information content (AvgIpc) is 2.87. The van der Waals surface area contributed by atoms with E-state index in [1.165, 1.54) is 5.56 Å². The van der Waals surface area contributed by atoms with Gasteiger partial charge in [0.2, 0.25) is 0 Å². The zero-order valence-electron chi connectivity index (χ0n) is 11.8. The van der Waals surface area contributed by atoms with Crippen molar-refractivity contribution < 1.29 is 5.11 Å². The van der Waals surface area contributed by atoms with Crippen molar-refractivity contribution in [2.75, 3.05) is 0 Å². The normalized spacial score (nSPS) is 12.6. The Hall–Kier alpha value is -1.84. The van der Waals surface area contributed by atoms with Crippen molar-refractivity contribution in [1.29, 1.82) is 0 Å². The van der Waals surface area contributed by atoms with E-state index in [1.807, 2.05) is 23.9 Å². The predicted molar refractivity (Wildman–Crippen MR) is 75.3 cm³/mol. The van der Waals surface area contributed by atoms with Gasteiger partial charge >= 0.3 is 0 Å². The van der Waals surface area contributed by atoms with E-state index in [0.717, 1.165) is 30.6 Å². The first kappa shape index (κ1) is 13.6. The van der Waals surface area contributed by atoms with Crippen molar-refractivity contribution in [3.8, 4) is 5.75 Å². The Labute approximate surface area is 114 Å². The molecule has 0 saturated carbocycles. The van der Waals surface area contributed by atoms with E-state index in [1.54, 1.807) is 6.07 Å². The third kappa shape index (κ3) is 3.13. The van der Waals surface area contributed by atoms with Crippen LogP contribution in [0.4, 0.5) is 0 Å². The zero-order chi connectivity index (χ0) is 13.8. The molecule has 2 rings (SSSR count). The van der Waals surface area contributed by atoms with Crippen molar-refractivity contribution in [2.24, 2.45) is 0 Å². The van der Waals surface area contributed by atoms with Gasteiger partial charge in [-0.25, -0.2) is 0 Å². The average molecular weight is 259 g/mol. The Morgan fingerprint density at radius 2 is 2.11 bits per heavy atom. The molecule has 0 bridgehead atoms. The molecule has 4 heteroatoms. The molecule has 1 heterocycles. The summed E-state index contributed by atoms with van der Waals surface area (Å²) >= 11 is 0. The van der Waals surface area contributed by atoms with Gasteiger partial charge in [0.1, 0.15) is 5.75 Å². The first-order valence-corrected chi connectivity index (χ1v) is 6.82. The Kier molecular flexibility index (Phi) is 4.20. The highest BCUT2D eigenvalue weighted by molar-refractivity contribution is 5.36. The summed E-state index contributed by atoms with van der Waals surface area (Å²) in [6, 6.07) is 5.84. The van der Waals surface area contributed by atoms with Crippen LogP contribution in [-0.2, 0) is 13.0 Å². The molecule has 1 aromatic carbocycles. The molecule has 0 fully saturated rings. The molecule has 4 nitrogen and oxygen atoms in total. The van der Waals surface area contributed by atoms with Crippen LogP contribution < -0.4 is 0 Å². The summed E-state index contributed by atoms with van der Waals surface area (Å²) in [6.07, 6.45) is 3.94. The standard InChI is InChI=1S/C15H21N3O/c1-4-12(9-14-10-18(5-2)17-16-14)13-6-7-15(19)11(3)8-13/h6-8,10,12,19H,4-5,9H2,1-3H3. The van der Waals surface area contributed by atoms with E-state index in [9.17, 15) is 5.11 Å². The molecule has 0 radical (unpaired) electrons. The number of aromatic nitrogens is 3. The summed E-state index contributed by atoms with van der Waals surface area (Å²) in [5.41, 5.74) is 3.21. The van der Waals surface area contributed by atoms with Gasteiger partial charge in [-0.2, -0.15) is 0 Å². The Bertz CT molecular complexity index is 548. The number of aryl methyl sites for hydroxylation is 2. The number of hydrogen-bond donors (Lipinski definition) is 1. The van der Waals surface area contributed by atoms with Gasteiger partial charge in [0, 0.05) is 12.7 Å². The smallest absolute Gasteiger partial charge is 0.118 e. The maximum absolute atomic E-state index is 9.60. The number of benzene rings is 1. The zero-order valence-corrected chi connectivity index (χ0v) is 11.8. The molecule has 0 amide bonds. The molecule has 0 saturated heterocycles. The largest absolute Gasteiger partial charge is 0.508 e. The molecule has 0 aliphatic heterocycles. The van der Waals surface area contributed by atoms with E-state index in [4.69, 9.17) is 0 Å². The molecular formula is C15H21N3O. The summed E-state index contributed by atoms with van der Waals surface area (Å²) in [5, 5.41) is 17.9. The quantitative estimate of drug-likeness (QED) is 0.897. The summed E-state index contributed by atoms with van der Waals surface area (Å²) in [6.45, 7) is 7.01. The number of phenolic OH excluding ortho intramolecular Hbond substituents is 1. The van der Waals surface area contributed by atoms with Gasteiger partial charge in [-0.3, -0.25) is 4.68 Å². The third-order valence-electron chi connectivity index (χ3n) is 3.55. The highest BCUT2D eigenvalue weighted by atomic mass is 16.3. The van der Waals surface area contributed by atoms with Crippen molar-refractivity contribution >= 4 is 0 Å². The molecule has 0 spiro atoms. The fraction of sp³-hybridized carbons (Fsp3) is 0.467. The van der Waals surface area contributed by atoms with Crippen LogP contribution in [0.1, 0.15) is 43.0 Å². The number of rotatable bonds is 5. The van der Waals surface area contributed by atoms with Gasteiger partial charge in [-0.05, 0) is 49.8 Å². The molecule has 0 aliphatic carbocycles. The maximum atomic E-state index is 9.60. The topological polar surface area (TPSA) is 50.9 Å². The van der Waals surface area contributed by atoms with Crippen LogP contribution in [-0.4, -0.2) is 20.1 Å². The van der Waals surface area contributed by atoms with Crippen molar-refractivity contribution in [3.63, 3.8) is 0 Å². The van der Waals surface area contributed by atoms with Gasteiger partial charge in [-0.1, -0.05) is 24.3 Å². The molecule has 1 unspecified atom stereocenters.